The summed E-state index contributed by atoms with van der Waals surface area (Å²) in [6.45, 7) is 11.2. The van der Waals surface area contributed by atoms with Gasteiger partial charge in [-0.15, -0.1) is 0 Å². The maximum absolute atomic E-state index is 13.5. The molecule has 0 aromatic heterocycles. The zero-order valence-electron chi connectivity index (χ0n) is 17.5. The van der Waals surface area contributed by atoms with Crippen LogP contribution in [0.4, 0.5) is 17.6 Å². The summed E-state index contributed by atoms with van der Waals surface area (Å²) in [5.41, 5.74) is -3.65. The van der Waals surface area contributed by atoms with E-state index in [9.17, 15) is 27.2 Å². The first kappa shape index (κ1) is 25.7. The molecule has 0 aromatic carbocycles. The molecule has 0 N–H and O–H groups in total. The van der Waals surface area contributed by atoms with Gasteiger partial charge in [0.25, 0.3) is 0 Å². The minimum absolute atomic E-state index is 0.143. The average molecular weight is 400 g/mol. The van der Waals surface area contributed by atoms with Crippen molar-refractivity contribution >= 4 is 11.9 Å². The predicted octanol–water partition coefficient (Wildman–Crippen LogP) is 5.53. The summed E-state index contributed by atoms with van der Waals surface area (Å²) in [5, 5.41) is 0. The molecule has 1 atom stereocenters. The lowest BCUT2D eigenvalue weighted by atomic mass is 9.89. The molecule has 8 heteroatoms. The third kappa shape index (κ3) is 7.66. The van der Waals surface area contributed by atoms with E-state index in [0.29, 0.717) is 6.42 Å². The zero-order chi connectivity index (χ0) is 21.9. The fourth-order valence-electron chi connectivity index (χ4n) is 1.94. The van der Waals surface area contributed by atoms with E-state index in [1.165, 1.54) is 6.92 Å². The van der Waals surface area contributed by atoms with E-state index in [1.807, 2.05) is 0 Å². The largest absolute Gasteiger partial charge is 0.457 e. The second-order valence-corrected chi connectivity index (χ2v) is 8.81. The Hall–Kier alpha value is -1.34. The van der Waals surface area contributed by atoms with Crippen LogP contribution in [0.3, 0.4) is 0 Å². The lowest BCUT2D eigenvalue weighted by Gasteiger charge is -2.34. The number of alkyl halides is 4. The quantitative estimate of drug-likeness (QED) is 0.377. The summed E-state index contributed by atoms with van der Waals surface area (Å²) in [6, 6.07) is 0. The van der Waals surface area contributed by atoms with Gasteiger partial charge in [-0.2, -0.15) is 8.78 Å². The van der Waals surface area contributed by atoms with Crippen molar-refractivity contribution in [3.8, 4) is 0 Å². The summed E-state index contributed by atoms with van der Waals surface area (Å²) >= 11 is 0. The first-order valence-corrected chi connectivity index (χ1v) is 9.00. The van der Waals surface area contributed by atoms with Gasteiger partial charge in [-0.25, -0.2) is 13.6 Å². The van der Waals surface area contributed by atoms with Gasteiger partial charge in [0.1, 0.15) is 5.60 Å². The molecule has 1 unspecified atom stereocenters. The molecule has 0 fully saturated rings. The summed E-state index contributed by atoms with van der Waals surface area (Å²) in [7, 11) is 0. The van der Waals surface area contributed by atoms with E-state index >= 15 is 0 Å². The molecule has 0 rings (SSSR count). The molecule has 160 valence electrons. The first-order chi connectivity index (χ1) is 11.8. The van der Waals surface area contributed by atoms with Crippen LogP contribution >= 0.6 is 0 Å². The van der Waals surface area contributed by atoms with Gasteiger partial charge in [0.2, 0.25) is 5.60 Å². The molecular weight excluding hydrogens is 368 g/mol. The molecule has 0 spiro atoms. The van der Waals surface area contributed by atoms with Crippen molar-refractivity contribution in [1.82, 2.24) is 0 Å². The molecule has 0 bridgehead atoms. The molecule has 0 amide bonds. The Morgan fingerprint density at radius 3 is 1.63 bits per heavy atom. The van der Waals surface area contributed by atoms with Crippen LogP contribution in [0.1, 0.15) is 81.1 Å². The van der Waals surface area contributed by atoms with Gasteiger partial charge in [-0.3, -0.25) is 4.79 Å². The maximum atomic E-state index is 13.5. The standard InChI is InChI=1S/C19H32F4O4/c1-9-16(5,6)13(24)27-17(7,14(25)26-15(2,3)4)11-10-12-19(22,23)18(8,20)21/h9-12H2,1-8H3. The Bertz CT molecular complexity index is 533. The van der Waals surface area contributed by atoms with Crippen molar-refractivity contribution in [2.75, 3.05) is 0 Å². The lowest BCUT2D eigenvalue weighted by molar-refractivity contribution is -0.205. The van der Waals surface area contributed by atoms with Gasteiger partial charge in [0.05, 0.1) is 5.41 Å². The van der Waals surface area contributed by atoms with Gasteiger partial charge in [0, 0.05) is 13.3 Å². The average Bonchev–Trinajstić information content (AvgIpc) is 2.43. The first-order valence-electron chi connectivity index (χ1n) is 9.00. The number of hydrogen-bond donors (Lipinski definition) is 0. The Morgan fingerprint density at radius 1 is 0.778 bits per heavy atom. The minimum atomic E-state index is -4.23. The van der Waals surface area contributed by atoms with Crippen LogP contribution in [0.15, 0.2) is 0 Å². The highest BCUT2D eigenvalue weighted by molar-refractivity contribution is 5.85. The van der Waals surface area contributed by atoms with Crippen molar-refractivity contribution in [2.24, 2.45) is 5.41 Å². The van der Waals surface area contributed by atoms with E-state index in [1.54, 1.807) is 41.5 Å². The fraction of sp³-hybridized carbons (Fsp3) is 0.895. The van der Waals surface area contributed by atoms with Crippen molar-refractivity contribution in [3.05, 3.63) is 0 Å². The van der Waals surface area contributed by atoms with Crippen molar-refractivity contribution in [2.45, 2.75) is 104 Å². The zero-order valence-corrected chi connectivity index (χ0v) is 17.5. The van der Waals surface area contributed by atoms with E-state index in [2.05, 4.69) is 0 Å². The number of hydrogen-bond acceptors (Lipinski definition) is 4. The van der Waals surface area contributed by atoms with Crippen LogP contribution in [0.25, 0.3) is 0 Å². The molecule has 27 heavy (non-hydrogen) atoms. The molecule has 0 heterocycles. The van der Waals surface area contributed by atoms with Crippen molar-refractivity contribution < 1.29 is 36.6 Å². The van der Waals surface area contributed by atoms with E-state index in [-0.39, 0.29) is 13.3 Å². The SMILES string of the molecule is CCC(C)(C)C(=O)OC(C)(CCCC(F)(F)C(C)(F)F)C(=O)OC(C)(C)C. The summed E-state index contributed by atoms with van der Waals surface area (Å²) in [5.74, 6) is -10.0. The molecule has 0 saturated carbocycles. The van der Waals surface area contributed by atoms with Crippen molar-refractivity contribution in [1.29, 1.82) is 0 Å². The Labute approximate surface area is 159 Å². The lowest BCUT2D eigenvalue weighted by Crippen LogP contribution is -2.47. The van der Waals surface area contributed by atoms with Gasteiger partial charge >= 0.3 is 23.8 Å². The number of esters is 2. The normalized spacial score (nSPS) is 15.9. The summed E-state index contributed by atoms with van der Waals surface area (Å²) < 4.78 is 63.6. The monoisotopic (exact) mass is 400 g/mol. The minimum Gasteiger partial charge on any atom is -0.457 e. The van der Waals surface area contributed by atoms with Crippen LogP contribution in [0.2, 0.25) is 0 Å². The highest BCUT2D eigenvalue weighted by atomic mass is 19.3. The third-order valence-electron chi connectivity index (χ3n) is 4.37. The smallest absolute Gasteiger partial charge is 0.350 e. The Kier molecular flexibility index (Phi) is 7.94. The number of halogens is 4. The third-order valence-corrected chi connectivity index (χ3v) is 4.37. The second-order valence-electron chi connectivity index (χ2n) is 8.81. The van der Waals surface area contributed by atoms with Gasteiger partial charge < -0.3 is 9.47 Å². The van der Waals surface area contributed by atoms with Gasteiger partial charge in [-0.05, 0) is 60.8 Å². The number of ether oxygens (including phenoxy) is 2. The highest BCUT2D eigenvalue weighted by Gasteiger charge is 2.52. The maximum Gasteiger partial charge on any atom is 0.350 e. The predicted molar refractivity (Wildman–Crippen MR) is 93.8 cm³/mol. The van der Waals surface area contributed by atoms with Gasteiger partial charge in [-0.1, -0.05) is 6.92 Å². The summed E-state index contributed by atoms with van der Waals surface area (Å²) in [6.07, 6.45) is -1.54. The van der Waals surface area contributed by atoms with E-state index < -0.39 is 53.2 Å². The second kappa shape index (κ2) is 8.35. The topological polar surface area (TPSA) is 52.6 Å². The molecule has 0 aliphatic heterocycles. The Morgan fingerprint density at radius 2 is 1.26 bits per heavy atom. The number of rotatable bonds is 9. The van der Waals surface area contributed by atoms with Crippen LogP contribution < -0.4 is 0 Å². The number of carbonyl (C=O) groups excluding carboxylic acids is 2. The molecule has 0 saturated heterocycles. The van der Waals surface area contributed by atoms with Crippen LogP contribution in [0, 0.1) is 5.41 Å². The molecule has 0 radical (unpaired) electrons. The molecular formula is C19H32F4O4. The Balaban J connectivity index is 5.42. The fourth-order valence-corrected chi connectivity index (χ4v) is 1.94. The van der Waals surface area contributed by atoms with Crippen LogP contribution in [-0.2, 0) is 19.1 Å². The van der Waals surface area contributed by atoms with Crippen LogP contribution in [-0.4, -0.2) is 35.0 Å². The van der Waals surface area contributed by atoms with Crippen LogP contribution in [0.5, 0.6) is 0 Å². The molecule has 0 aliphatic carbocycles. The van der Waals surface area contributed by atoms with E-state index in [0.717, 1.165) is 0 Å². The van der Waals surface area contributed by atoms with Gasteiger partial charge in [0.15, 0.2) is 0 Å². The van der Waals surface area contributed by atoms with E-state index in [4.69, 9.17) is 9.47 Å². The molecule has 0 aromatic rings. The number of carbonyl (C=O) groups is 2. The highest BCUT2D eigenvalue weighted by Crippen LogP contribution is 2.39. The molecule has 4 nitrogen and oxygen atoms in total. The molecule has 0 aliphatic rings. The summed E-state index contributed by atoms with van der Waals surface area (Å²) in [4.78, 5) is 25.0. The van der Waals surface area contributed by atoms with Crippen molar-refractivity contribution in [3.63, 3.8) is 0 Å².